The second-order valence-corrected chi connectivity index (χ2v) is 5.19. The molecule has 1 fully saturated rings. The molecule has 1 aromatic rings. The fraction of sp³-hybridized carbons (Fsp3) is 0.333. The normalized spacial score (nSPS) is 18.6. The van der Waals surface area contributed by atoms with Gasteiger partial charge in [0, 0.05) is 11.7 Å². The van der Waals surface area contributed by atoms with E-state index in [1.807, 2.05) is 0 Å². The van der Waals surface area contributed by atoms with Crippen LogP contribution in [0.15, 0.2) is 18.2 Å². The lowest BCUT2D eigenvalue weighted by atomic mass is 10.1. The highest BCUT2D eigenvalue weighted by Gasteiger charge is 2.24. The van der Waals surface area contributed by atoms with Gasteiger partial charge in [-0.25, -0.2) is 9.18 Å². The van der Waals surface area contributed by atoms with Crippen LogP contribution in [0, 0.1) is 11.7 Å². The molecule has 2 N–H and O–H groups in total. The Labute approximate surface area is 108 Å². The molecule has 1 aromatic carbocycles. The number of carbonyl (C=O) groups excluding carboxylic acids is 1. The third-order valence-corrected chi connectivity index (χ3v) is 3.93. The van der Waals surface area contributed by atoms with E-state index in [-0.39, 0.29) is 23.1 Å². The molecular weight excluding hydrogens is 257 g/mol. The van der Waals surface area contributed by atoms with Gasteiger partial charge in [-0.15, -0.1) is 0 Å². The summed E-state index contributed by atoms with van der Waals surface area (Å²) in [7, 11) is 0. The van der Waals surface area contributed by atoms with Gasteiger partial charge in [0.2, 0.25) is 5.91 Å². The number of aromatic carboxylic acids is 1. The molecule has 1 aliphatic rings. The second-order valence-electron chi connectivity index (χ2n) is 4.04. The third kappa shape index (κ3) is 2.81. The first-order valence-electron chi connectivity index (χ1n) is 5.49. The van der Waals surface area contributed by atoms with Crippen molar-refractivity contribution in [2.24, 2.45) is 5.92 Å². The summed E-state index contributed by atoms with van der Waals surface area (Å²) in [5.74, 6) is -0.508. The number of benzene rings is 1. The maximum Gasteiger partial charge on any atom is 0.337 e. The van der Waals surface area contributed by atoms with Crippen molar-refractivity contribution in [3.63, 3.8) is 0 Å². The smallest absolute Gasteiger partial charge is 0.337 e. The Hall–Kier alpha value is -1.56. The predicted molar refractivity (Wildman–Crippen MR) is 67.4 cm³/mol. The van der Waals surface area contributed by atoms with Crippen molar-refractivity contribution in [3.8, 4) is 0 Å². The molecule has 4 nitrogen and oxygen atoms in total. The van der Waals surface area contributed by atoms with Crippen LogP contribution in [-0.2, 0) is 4.79 Å². The van der Waals surface area contributed by atoms with E-state index in [1.165, 1.54) is 6.07 Å². The third-order valence-electron chi connectivity index (χ3n) is 2.77. The van der Waals surface area contributed by atoms with Crippen molar-refractivity contribution in [2.75, 3.05) is 16.8 Å². The van der Waals surface area contributed by atoms with E-state index in [9.17, 15) is 14.0 Å². The molecule has 2 rings (SSSR count). The van der Waals surface area contributed by atoms with Gasteiger partial charge in [0.15, 0.2) is 0 Å². The summed E-state index contributed by atoms with van der Waals surface area (Å²) in [5.41, 5.74) is -0.0835. The van der Waals surface area contributed by atoms with Crippen molar-refractivity contribution < 1.29 is 19.1 Å². The molecule has 1 aliphatic heterocycles. The van der Waals surface area contributed by atoms with Crippen molar-refractivity contribution in [3.05, 3.63) is 29.6 Å². The number of carboxylic acids is 1. The SMILES string of the molecule is O=C(O)c1cc(F)ccc1NC(=O)C1CCSC1. The molecule has 1 saturated heterocycles. The van der Waals surface area contributed by atoms with Crippen LogP contribution in [0.2, 0.25) is 0 Å². The molecule has 0 spiro atoms. The number of anilines is 1. The lowest BCUT2D eigenvalue weighted by Gasteiger charge is -2.11. The average Bonchev–Trinajstić information content (AvgIpc) is 2.84. The lowest BCUT2D eigenvalue weighted by molar-refractivity contribution is -0.119. The molecular formula is C12H12FNO3S. The van der Waals surface area contributed by atoms with Crippen LogP contribution in [0.3, 0.4) is 0 Å². The molecule has 1 amide bonds. The summed E-state index contributed by atoms with van der Waals surface area (Å²) in [5, 5.41) is 11.5. The Bertz CT molecular complexity index is 486. The van der Waals surface area contributed by atoms with Gasteiger partial charge in [0.05, 0.1) is 11.3 Å². The van der Waals surface area contributed by atoms with Crippen molar-refractivity contribution in [1.82, 2.24) is 0 Å². The van der Waals surface area contributed by atoms with Crippen LogP contribution in [0.4, 0.5) is 10.1 Å². The van der Waals surface area contributed by atoms with E-state index in [0.717, 1.165) is 30.1 Å². The van der Waals surface area contributed by atoms with Crippen LogP contribution in [0.1, 0.15) is 16.8 Å². The first-order chi connectivity index (χ1) is 8.58. The molecule has 0 bridgehead atoms. The van der Waals surface area contributed by atoms with Crippen LogP contribution in [0.5, 0.6) is 0 Å². The van der Waals surface area contributed by atoms with E-state index in [1.54, 1.807) is 11.8 Å². The molecule has 1 unspecified atom stereocenters. The molecule has 1 atom stereocenters. The first kappa shape index (κ1) is 12.9. The molecule has 6 heteroatoms. The largest absolute Gasteiger partial charge is 0.478 e. The number of hydrogen-bond donors (Lipinski definition) is 2. The van der Waals surface area contributed by atoms with Gasteiger partial charge in [-0.05, 0) is 30.4 Å². The Morgan fingerprint density at radius 3 is 2.83 bits per heavy atom. The molecule has 0 aliphatic carbocycles. The summed E-state index contributed by atoms with van der Waals surface area (Å²) in [6.07, 6.45) is 0.792. The van der Waals surface area contributed by atoms with E-state index in [0.29, 0.717) is 0 Å². The van der Waals surface area contributed by atoms with Gasteiger partial charge in [-0.1, -0.05) is 0 Å². The molecule has 0 saturated carbocycles. The van der Waals surface area contributed by atoms with Gasteiger partial charge in [-0.2, -0.15) is 11.8 Å². The van der Waals surface area contributed by atoms with Crippen LogP contribution >= 0.6 is 11.8 Å². The van der Waals surface area contributed by atoms with Crippen molar-refractivity contribution in [1.29, 1.82) is 0 Å². The number of thioether (sulfide) groups is 1. The molecule has 0 aromatic heterocycles. The number of nitrogens with one attached hydrogen (secondary N) is 1. The number of carbonyl (C=O) groups is 2. The maximum atomic E-state index is 13.0. The summed E-state index contributed by atoms with van der Waals surface area (Å²) in [4.78, 5) is 22.8. The highest BCUT2D eigenvalue weighted by atomic mass is 32.2. The zero-order valence-corrected chi connectivity index (χ0v) is 10.3. The fourth-order valence-electron chi connectivity index (χ4n) is 1.78. The minimum Gasteiger partial charge on any atom is -0.478 e. The van der Waals surface area contributed by atoms with Gasteiger partial charge >= 0.3 is 5.97 Å². The van der Waals surface area contributed by atoms with Crippen molar-refractivity contribution in [2.45, 2.75) is 6.42 Å². The second kappa shape index (κ2) is 5.39. The fourth-order valence-corrected chi connectivity index (χ4v) is 3.00. The highest BCUT2D eigenvalue weighted by molar-refractivity contribution is 7.99. The van der Waals surface area contributed by atoms with Gasteiger partial charge in [0.1, 0.15) is 5.82 Å². The van der Waals surface area contributed by atoms with Crippen molar-refractivity contribution >= 4 is 29.3 Å². The number of rotatable bonds is 3. The molecule has 0 radical (unpaired) electrons. The highest BCUT2D eigenvalue weighted by Crippen LogP contribution is 2.25. The number of hydrogen-bond acceptors (Lipinski definition) is 3. The van der Waals surface area contributed by atoms with Crippen LogP contribution < -0.4 is 5.32 Å². The predicted octanol–water partition coefficient (Wildman–Crippen LogP) is 2.22. The summed E-state index contributed by atoms with van der Waals surface area (Å²) in [6.45, 7) is 0. The number of amides is 1. The van der Waals surface area contributed by atoms with Gasteiger partial charge < -0.3 is 10.4 Å². The summed E-state index contributed by atoms with van der Waals surface area (Å²) in [6, 6.07) is 3.31. The zero-order chi connectivity index (χ0) is 13.1. The number of halogens is 1. The number of carboxylic acid groups (broad SMARTS) is 1. The van der Waals surface area contributed by atoms with E-state index < -0.39 is 11.8 Å². The van der Waals surface area contributed by atoms with Gasteiger partial charge in [0.25, 0.3) is 0 Å². The quantitative estimate of drug-likeness (QED) is 0.883. The van der Waals surface area contributed by atoms with E-state index in [2.05, 4.69) is 5.32 Å². The lowest BCUT2D eigenvalue weighted by Crippen LogP contribution is -2.23. The molecule has 96 valence electrons. The Balaban J connectivity index is 2.17. The Kier molecular flexibility index (Phi) is 3.86. The zero-order valence-electron chi connectivity index (χ0n) is 9.48. The van der Waals surface area contributed by atoms with Crippen LogP contribution in [0.25, 0.3) is 0 Å². The average molecular weight is 269 g/mol. The molecule has 1 heterocycles. The first-order valence-corrected chi connectivity index (χ1v) is 6.65. The molecule has 18 heavy (non-hydrogen) atoms. The maximum absolute atomic E-state index is 13.0. The summed E-state index contributed by atoms with van der Waals surface area (Å²) >= 11 is 1.70. The van der Waals surface area contributed by atoms with Gasteiger partial charge in [-0.3, -0.25) is 4.79 Å². The minimum atomic E-state index is -1.26. The summed E-state index contributed by atoms with van der Waals surface area (Å²) < 4.78 is 13.0. The topological polar surface area (TPSA) is 66.4 Å². The van der Waals surface area contributed by atoms with Crippen LogP contribution in [-0.4, -0.2) is 28.5 Å². The van der Waals surface area contributed by atoms with E-state index in [4.69, 9.17) is 5.11 Å². The van der Waals surface area contributed by atoms with E-state index >= 15 is 0 Å². The monoisotopic (exact) mass is 269 g/mol. The Morgan fingerprint density at radius 1 is 1.44 bits per heavy atom. The Morgan fingerprint density at radius 2 is 2.22 bits per heavy atom. The standard InChI is InChI=1S/C12H12FNO3S/c13-8-1-2-10(9(5-8)12(16)17)14-11(15)7-3-4-18-6-7/h1-2,5,7H,3-4,6H2,(H,14,15)(H,16,17). The minimum absolute atomic E-state index is 0.0957.